The standard InChI is InChI=1S/C15H24N2O2S/c1-16-11-5-7-13-20(18,19)17-12-6-4-9-14-8-2-3-10-15(14)17/h2-3,8,10,16H,4-7,9,11-13H2,1H3. The first kappa shape index (κ1) is 15.3. The van der Waals surface area contributed by atoms with Gasteiger partial charge in [0.05, 0.1) is 11.4 Å². The zero-order chi connectivity index (χ0) is 14.4. The van der Waals surface area contributed by atoms with Crippen LogP contribution in [0.25, 0.3) is 0 Å². The van der Waals surface area contributed by atoms with Gasteiger partial charge in [0.1, 0.15) is 0 Å². The van der Waals surface area contributed by atoms with Gasteiger partial charge >= 0.3 is 0 Å². The third-order valence-electron chi connectivity index (χ3n) is 3.73. The maximum absolute atomic E-state index is 12.6. The van der Waals surface area contributed by atoms with E-state index >= 15 is 0 Å². The van der Waals surface area contributed by atoms with Gasteiger partial charge in [-0.1, -0.05) is 18.2 Å². The molecule has 1 heterocycles. The van der Waals surface area contributed by atoms with Gasteiger partial charge in [-0.25, -0.2) is 8.42 Å². The number of aryl methyl sites for hydroxylation is 1. The number of rotatable bonds is 6. The van der Waals surface area contributed by atoms with Gasteiger partial charge in [-0.3, -0.25) is 4.31 Å². The minimum Gasteiger partial charge on any atom is -0.320 e. The molecule has 0 fully saturated rings. The number of unbranched alkanes of at least 4 members (excludes halogenated alkanes) is 1. The molecule has 0 saturated heterocycles. The van der Waals surface area contributed by atoms with Crippen molar-refractivity contribution in [2.24, 2.45) is 0 Å². The molecule has 0 aromatic heterocycles. The molecule has 4 nitrogen and oxygen atoms in total. The second-order valence-electron chi connectivity index (χ2n) is 5.28. The van der Waals surface area contributed by atoms with Crippen LogP contribution in [0.1, 0.15) is 31.2 Å². The van der Waals surface area contributed by atoms with E-state index in [9.17, 15) is 8.42 Å². The Morgan fingerprint density at radius 2 is 2.00 bits per heavy atom. The van der Waals surface area contributed by atoms with Crippen molar-refractivity contribution < 1.29 is 8.42 Å². The molecule has 0 spiro atoms. The van der Waals surface area contributed by atoms with Crippen LogP contribution in [0.5, 0.6) is 0 Å². The van der Waals surface area contributed by atoms with Gasteiger partial charge in [-0.2, -0.15) is 0 Å². The first-order valence-corrected chi connectivity index (χ1v) is 8.99. The summed E-state index contributed by atoms with van der Waals surface area (Å²) in [5.41, 5.74) is 2.04. The van der Waals surface area contributed by atoms with Crippen LogP contribution >= 0.6 is 0 Å². The third kappa shape index (κ3) is 3.73. The molecular weight excluding hydrogens is 272 g/mol. The highest BCUT2D eigenvalue weighted by Gasteiger charge is 2.25. The Balaban J connectivity index is 2.14. The summed E-state index contributed by atoms with van der Waals surface area (Å²) < 4.78 is 26.8. The topological polar surface area (TPSA) is 49.4 Å². The Labute approximate surface area is 122 Å². The first-order chi connectivity index (χ1) is 9.65. The van der Waals surface area contributed by atoms with E-state index in [2.05, 4.69) is 5.32 Å². The van der Waals surface area contributed by atoms with Gasteiger partial charge in [-0.05, 0) is 57.3 Å². The van der Waals surface area contributed by atoms with Crippen molar-refractivity contribution in [3.05, 3.63) is 29.8 Å². The second kappa shape index (κ2) is 7.09. The number of benzene rings is 1. The summed E-state index contributed by atoms with van der Waals surface area (Å²) in [7, 11) is -1.31. The number of nitrogens with zero attached hydrogens (tertiary/aromatic N) is 1. The molecule has 2 rings (SSSR count). The molecule has 0 atom stereocenters. The lowest BCUT2D eigenvalue weighted by molar-refractivity contribution is 0.583. The lowest BCUT2D eigenvalue weighted by Crippen LogP contribution is -2.34. The molecule has 1 aromatic rings. The maximum Gasteiger partial charge on any atom is 0.235 e. The molecule has 112 valence electrons. The van der Waals surface area contributed by atoms with Crippen molar-refractivity contribution >= 4 is 15.7 Å². The fourth-order valence-corrected chi connectivity index (χ4v) is 4.32. The van der Waals surface area contributed by atoms with Crippen LogP contribution in [-0.2, 0) is 16.4 Å². The van der Waals surface area contributed by atoms with Crippen LogP contribution < -0.4 is 9.62 Å². The Morgan fingerprint density at radius 3 is 2.80 bits per heavy atom. The van der Waals surface area contributed by atoms with Crippen molar-refractivity contribution in [3.63, 3.8) is 0 Å². The predicted octanol–water partition coefficient (Wildman–Crippen LogP) is 2.16. The predicted molar refractivity (Wildman–Crippen MR) is 83.7 cm³/mol. The molecular formula is C15H24N2O2S. The van der Waals surface area contributed by atoms with Crippen LogP contribution in [0.15, 0.2) is 24.3 Å². The zero-order valence-electron chi connectivity index (χ0n) is 12.1. The van der Waals surface area contributed by atoms with Crippen LogP contribution in [0.4, 0.5) is 5.69 Å². The second-order valence-corrected chi connectivity index (χ2v) is 7.30. The average molecular weight is 296 g/mol. The van der Waals surface area contributed by atoms with Crippen LogP contribution in [0.2, 0.25) is 0 Å². The van der Waals surface area contributed by atoms with Crippen molar-refractivity contribution in [1.82, 2.24) is 5.32 Å². The van der Waals surface area contributed by atoms with Gasteiger partial charge in [0.15, 0.2) is 0 Å². The largest absolute Gasteiger partial charge is 0.320 e. The lowest BCUT2D eigenvalue weighted by atomic mass is 10.1. The molecule has 0 radical (unpaired) electrons. The number of hydrogen-bond acceptors (Lipinski definition) is 3. The van der Waals surface area contributed by atoms with Gasteiger partial charge < -0.3 is 5.32 Å². The highest BCUT2D eigenvalue weighted by molar-refractivity contribution is 7.92. The minimum absolute atomic E-state index is 0.239. The Hall–Kier alpha value is -1.07. The summed E-state index contributed by atoms with van der Waals surface area (Å²) >= 11 is 0. The molecule has 0 bridgehead atoms. The average Bonchev–Trinajstić information content (AvgIpc) is 2.66. The summed E-state index contributed by atoms with van der Waals surface area (Å²) in [5, 5.41) is 3.05. The van der Waals surface area contributed by atoms with E-state index in [1.807, 2.05) is 31.3 Å². The van der Waals surface area contributed by atoms with Crippen molar-refractivity contribution in [2.75, 3.05) is 30.2 Å². The molecule has 1 aromatic carbocycles. The van der Waals surface area contributed by atoms with E-state index in [0.29, 0.717) is 13.0 Å². The minimum atomic E-state index is -3.19. The first-order valence-electron chi connectivity index (χ1n) is 7.38. The van der Waals surface area contributed by atoms with Gasteiger partial charge in [0.2, 0.25) is 10.0 Å². The smallest absolute Gasteiger partial charge is 0.235 e. The summed E-state index contributed by atoms with van der Waals surface area (Å²) in [6.45, 7) is 1.48. The summed E-state index contributed by atoms with van der Waals surface area (Å²) in [5.74, 6) is 0.239. The molecule has 0 saturated carbocycles. The van der Waals surface area contributed by atoms with Gasteiger partial charge in [0, 0.05) is 6.54 Å². The highest BCUT2D eigenvalue weighted by atomic mass is 32.2. The van der Waals surface area contributed by atoms with Crippen molar-refractivity contribution in [3.8, 4) is 0 Å². The molecule has 5 heteroatoms. The monoisotopic (exact) mass is 296 g/mol. The number of hydrogen-bond donors (Lipinski definition) is 1. The zero-order valence-corrected chi connectivity index (χ0v) is 13.0. The molecule has 1 aliphatic rings. The fourth-order valence-electron chi connectivity index (χ4n) is 2.64. The maximum atomic E-state index is 12.6. The van der Waals surface area contributed by atoms with E-state index in [-0.39, 0.29) is 5.75 Å². The molecule has 0 unspecified atom stereocenters. The number of para-hydroxylation sites is 1. The Kier molecular flexibility index (Phi) is 5.43. The quantitative estimate of drug-likeness (QED) is 0.818. The van der Waals surface area contributed by atoms with Gasteiger partial charge in [0.25, 0.3) is 0 Å². The molecule has 20 heavy (non-hydrogen) atoms. The number of fused-ring (bicyclic) bond motifs is 1. The lowest BCUT2D eigenvalue weighted by Gasteiger charge is -2.24. The molecule has 1 aliphatic heterocycles. The highest BCUT2D eigenvalue weighted by Crippen LogP contribution is 2.28. The van der Waals surface area contributed by atoms with Crippen LogP contribution in [0, 0.1) is 0 Å². The molecule has 0 aliphatic carbocycles. The van der Waals surface area contributed by atoms with Crippen molar-refractivity contribution in [1.29, 1.82) is 0 Å². The SMILES string of the molecule is CNCCCCS(=O)(=O)N1CCCCc2ccccc21. The third-order valence-corrected chi connectivity index (χ3v) is 5.59. The van der Waals surface area contributed by atoms with E-state index in [1.165, 1.54) is 0 Å². The fraction of sp³-hybridized carbons (Fsp3) is 0.600. The van der Waals surface area contributed by atoms with Crippen molar-refractivity contribution in [2.45, 2.75) is 32.1 Å². The van der Waals surface area contributed by atoms with Gasteiger partial charge in [-0.15, -0.1) is 0 Å². The Bertz CT molecular complexity index is 528. The normalized spacial score (nSPS) is 15.8. The summed E-state index contributed by atoms with van der Waals surface area (Å²) in [6, 6.07) is 7.89. The van der Waals surface area contributed by atoms with Crippen LogP contribution in [-0.4, -0.2) is 34.3 Å². The molecule has 0 amide bonds. The van der Waals surface area contributed by atoms with E-state index in [0.717, 1.165) is 43.5 Å². The number of anilines is 1. The number of sulfonamides is 1. The summed E-state index contributed by atoms with van der Waals surface area (Å²) in [6.07, 6.45) is 4.57. The Morgan fingerprint density at radius 1 is 1.20 bits per heavy atom. The van der Waals surface area contributed by atoms with E-state index in [1.54, 1.807) is 4.31 Å². The van der Waals surface area contributed by atoms with E-state index in [4.69, 9.17) is 0 Å². The molecule has 1 N–H and O–H groups in total. The van der Waals surface area contributed by atoms with Crippen LogP contribution in [0.3, 0.4) is 0 Å². The number of nitrogens with one attached hydrogen (secondary N) is 1. The van der Waals surface area contributed by atoms with E-state index < -0.39 is 10.0 Å². The summed E-state index contributed by atoms with van der Waals surface area (Å²) in [4.78, 5) is 0.